The number of hydrogen-bond donors (Lipinski definition) is 2. The third kappa shape index (κ3) is 6.28. The van der Waals surface area contributed by atoms with E-state index in [0.29, 0.717) is 12.3 Å². The number of alkyl carbamates (subject to hydrolysis) is 1. The van der Waals surface area contributed by atoms with E-state index in [1.54, 1.807) is 34.4 Å². The Labute approximate surface area is 187 Å². The average Bonchev–Trinajstić information content (AvgIpc) is 3.24. The molecule has 2 N–H and O–H groups in total. The molecule has 7 nitrogen and oxygen atoms in total. The summed E-state index contributed by atoms with van der Waals surface area (Å²) in [6.45, 7) is 8.09. The van der Waals surface area contributed by atoms with Gasteiger partial charge in [-0.1, -0.05) is 24.4 Å². The van der Waals surface area contributed by atoms with Crippen molar-refractivity contribution in [2.45, 2.75) is 24.6 Å². The van der Waals surface area contributed by atoms with Gasteiger partial charge in [0.25, 0.3) is 0 Å². The zero-order chi connectivity index (χ0) is 21.5. The maximum absolute atomic E-state index is 12.4. The van der Waals surface area contributed by atoms with Gasteiger partial charge in [-0.05, 0) is 32.0 Å². The molecule has 0 fully saturated rings. The second-order valence-electron chi connectivity index (χ2n) is 6.29. The van der Waals surface area contributed by atoms with E-state index in [4.69, 9.17) is 4.74 Å². The lowest BCUT2D eigenvalue weighted by molar-refractivity contribution is -0.115. The van der Waals surface area contributed by atoms with Crippen molar-refractivity contribution < 1.29 is 14.3 Å². The van der Waals surface area contributed by atoms with Crippen LogP contribution in [0.2, 0.25) is 0 Å². The largest absolute Gasteiger partial charge is 0.445 e. The van der Waals surface area contributed by atoms with Crippen molar-refractivity contribution in [3.05, 3.63) is 46.4 Å². The Morgan fingerprint density at radius 2 is 2.10 bits per heavy atom. The van der Waals surface area contributed by atoms with Crippen LogP contribution in [0.4, 0.5) is 10.5 Å². The smallest absolute Gasteiger partial charge is 0.407 e. The zero-order valence-electron chi connectivity index (χ0n) is 16.7. The molecule has 0 radical (unpaired) electrons. The summed E-state index contributed by atoms with van der Waals surface area (Å²) < 4.78 is 6.75. The summed E-state index contributed by atoms with van der Waals surface area (Å²) in [6, 6.07) is 5.68. The Morgan fingerprint density at radius 1 is 1.27 bits per heavy atom. The number of thioether (sulfide) groups is 1. The highest BCUT2D eigenvalue weighted by atomic mass is 32.2. The summed E-state index contributed by atoms with van der Waals surface area (Å²) in [5, 5.41) is 6.58. The summed E-state index contributed by atoms with van der Waals surface area (Å²) in [5.74, 6) is 0.593. The van der Waals surface area contributed by atoms with E-state index in [9.17, 15) is 9.59 Å². The van der Waals surface area contributed by atoms with Crippen LogP contribution in [0.25, 0.3) is 10.2 Å². The van der Waals surface area contributed by atoms with Crippen LogP contribution >= 0.6 is 34.4 Å². The molecule has 2 amide bonds. The molecule has 0 aliphatic carbocycles. The molecule has 0 atom stereocenters. The maximum atomic E-state index is 12.4. The minimum Gasteiger partial charge on any atom is -0.445 e. The number of fused-ring (bicyclic) bond motifs is 1. The SMILES string of the molecule is C=CCOC(=O)NCCSc1nc2ccc(NC(=O)Cc3nc(C)sc3C)cc2s1. The van der Waals surface area contributed by atoms with E-state index in [1.807, 2.05) is 32.0 Å². The molecule has 2 aromatic heterocycles. The highest BCUT2D eigenvalue weighted by molar-refractivity contribution is 8.01. The van der Waals surface area contributed by atoms with E-state index in [-0.39, 0.29) is 18.9 Å². The van der Waals surface area contributed by atoms with Gasteiger partial charge in [-0.3, -0.25) is 4.79 Å². The van der Waals surface area contributed by atoms with Crippen LogP contribution in [0.1, 0.15) is 15.6 Å². The number of amides is 2. The molecule has 0 unspecified atom stereocenters. The summed E-state index contributed by atoms with van der Waals surface area (Å²) in [7, 11) is 0. The van der Waals surface area contributed by atoms with Gasteiger partial charge in [0.05, 0.1) is 27.3 Å². The van der Waals surface area contributed by atoms with Crippen molar-refractivity contribution in [2.75, 3.05) is 24.2 Å². The first kappa shape index (κ1) is 22.3. The van der Waals surface area contributed by atoms with E-state index in [2.05, 4.69) is 27.2 Å². The third-order valence-corrected chi connectivity index (χ3v) is 7.00. The lowest BCUT2D eigenvalue weighted by Gasteiger charge is -2.04. The van der Waals surface area contributed by atoms with Crippen molar-refractivity contribution in [3.63, 3.8) is 0 Å². The summed E-state index contributed by atoms with van der Waals surface area (Å²) in [5.41, 5.74) is 2.45. The van der Waals surface area contributed by atoms with Crippen LogP contribution in [0.15, 0.2) is 35.2 Å². The van der Waals surface area contributed by atoms with Gasteiger partial charge >= 0.3 is 6.09 Å². The quantitative estimate of drug-likeness (QED) is 0.275. The van der Waals surface area contributed by atoms with Gasteiger partial charge in [0, 0.05) is 22.9 Å². The Morgan fingerprint density at radius 3 is 2.83 bits per heavy atom. The Hall–Kier alpha value is -2.43. The highest BCUT2D eigenvalue weighted by Gasteiger charge is 2.12. The Balaban J connectivity index is 1.52. The van der Waals surface area contributed by atoms with Gasteiger partial charge in [-0.15, -0.1) is 22.7 Å². The van der Waals surface area contributed by atoms with E-state index in [1.165, 1.54) is 6.08 Å². The predicted molar refractivity (Wildman–Crippen MR) is 124 cm³/mol. The maximum Gasteiger partial charge on any atom is 0.407 e. The summed E-state index contributed by atoms with van der Waals surface area (Å²) in [4.78, 5) is 33.8. The average molecular weight is 463 g/mol. The molecule has 2 heterocycles. The topological polar surface area (TPSA) is 93.2 Å². The molecule has 0 saturated heterocycles. The fourth-order valence-corrected chi connectivity index (χ4v) is 5.48. The fourth-order valence-electron chi connectivity index (χ4n) is 2.61. The number of thiazole rings is 2. The van der Waals surface area contributed by atoms with Gasteiger partial charge < -0.3 is 15.4 Å². The number of anilines is 1. The molecule has 0 bridgehead atoms. The summed E-state index contributed by atoms with van der Waals surface area (Å²) >= 11 is 4.71. The number of nitrogens with zero attached hydrogens (tertiary/aromatic N) is 2. The minimum atomic E-state index is -0.455. The van der Waals surface area contributed by atoms with Gasteiger partial charge in [0.2, 0.25) is 5.91 Å². The highest BCUT2D eigenvalue weighted by Crippen LogP contribution is 2.31. The van der Waals surface area contributed by atoms with Crippen LogP contribution in [-0.2, 0) is 16.0 Å². The van der Waals surface area contributed by atoms with E-state index < -0.39 is 6.09 Å². The first-order chi connectivity index (χ1) is 14.4. The lowest BCUT2D eigenvalue weighted by atomic mass is 10.2. The molecule has 0 saturated carbocycles. The molecule has 0 spiro atoms. The summed E-state index contributed by atoms with van der Waals surface area (Å²) in [6.07, 6.45) is 1.33. The van der Waals surface area contributed by atoms with Gasteiger partial charge in [-0.25, -0.2) is 14.8 Å². The number of ether oxygens (including phenoxy) is 1. The Kier molecular flexibility index (Phi) is 7.83. The van der Waals surface area contributed by atoms with E-state index in [0.717, 1.165) is 35.8 Å². The van der Waals surface area contributed by atoms with Crippen LogP contribution < -0.4 is 10.6 Å². The van der Waals surface area contributed by atoms with Crippen molar-refractivity contribution in [2.24, 2.45) is 0 Å². The van der Waals surface area contributed by atoms with Crippen LogP contribution in [0, 0.1) is 13.8 Å². The first-order valence-corrected chi connectivity index (χ1v) is 11.8. The van der Waals surface area contributed by atoms with Crippen LogP contribution in [0.3, 0.4) is 0 Å². The molecule has 1 aromatic carbocycles. The predicted octanol–water partition coefficient (Wildman–Crippen LogP) is 4.56. The molecule has 3 aromatic rings. The third-order valence-electron chi connectivity index (χ3n) is 3.91. The fraction of sp³-hybridized carbons (Fsp3) is 0.300. The van der Waals surface area contributed by atoms with Crippen molar-refractivity contribution >= 4 is 62.3 Å². The molecule has 30 heavy (non-hydrogen) atoms. The number of benzene rings is 1. The van der Waals surface area contributed by atoms with Crippen molar-refractivity contribution in [1.29, 1.82) is 0 Å². The number of rotatable bonds is 9. The number of aromatic nitrogens is 2. The number of carbonyl (C=O) groups excluding carboxylic acids is 2. The van der Waals surface area contributed by atoms with Gasteiger partial charge in [-0.2, -0.15) is 0 Å². The van der Waals surface area contributed by atoms with Gasteiger partial charge in [0.1, 0.15) is 6.61 Å². The molecule has 0 aliphatic rings. The second kappa shape index (κ2) is 10.6. The second-order valence-corrected chi connectivity index (χ2v) is 10.1. The van der Waals surface area contributed by atoms with Gasteiger partial charge in [0.15, 0.2) is 4.34 Å². The number of hydrogen-bond acceptors (Lipinski definition) is 8. The van der Waals surface area contributed by atoms with Crippen molar-refractivity contribution in [1.82, 2.24) is 15.3 Å². The molecule has 3 rings (SSSR count). The molecule has 10 heteroatoms. The van der Waals surface area contributed by atoms with Crippen LogP contribution in [-0.4, -0.2) is 40.9 Å². The normalized spacial score (nSPS) is 10.7. The number of aryl methyl sites for hydroxylation is 2. The molecular formula is C20H22N4O3S3. The number of carbonyl (C=O) groups is 2. The van der Waals surface area contributed by atoms with Crippen LogP contribution in [0.5, 0.6) is 0 Å². The lowest BCUT2D eigenvalue weighted by Crippen LogP contribution is -2.26. The first-order valence-electron chi connectivity index (χ1n) is 9.22. The molecule has 158 valence electrons. The Bertz CT molecular complexity index is 1060. The van der Waals surface area contributed by atoms with E-state index >= 15 is 0 Å². The van der Waals surface area contributed by atoms with Crippen molar-refractivity contribution in [3.8, 4) is 0 Å². The minimum absolute atomic E-state index is 0.0868. The molecular weight excluding hydrogens is 440 g/mol. The molecule has 0 aliphatic heterocycles. The standard InChI is InChI=1S/C20H22N4O3S3/c1-4-8-27-19(26)21-7-9-28-20-24-15-6-5-14(10-17(15)30-20)23-18(25)11-16-12(2)29-13(3)22-16/h4-6,10H,1,7-9,11H2,2-3H3,(H,21,26)(H,23,25). The zero-order valence-corrected chi connectivity index (χ0v) is 19.1. The number of nitrogens with one attached hydrogen (secondary N) is 2. The monoisotopic (exact) mass is 462 g/mol.